The molecule has 0 spiro atoms. The third-order valence-electron chi connectivity index (χ3n) is 11.8. The van der Waals surface area contributed by atoms with Crippen LogP contribution in [0, 0.1) is 0 Å². The minimum Gasteiger partial charge on any atom is -0.456 e. The van der Waals surface area contributed by atoms with E-state index in [1.807, 2.05) is 6.07 Å². The molecule has 1 aliphatic carbocycles. The topological polar surface area (TPSA) is 23.0 Å². The molecule has 0 N–H and O–H groups in total. The predicted molar refractivity (Wildman–Crippen MR) is 222 cm³/mol. The van der Waals surface area contributed by atoms with Gasteiger partial charge in [0, 0.05) is 49.5 Å². The number of aromatic nitrogens is 2. The molecule has 1 aliphatic rings. The summed E-state index contributed by atoms with van der Waals surface area (Å²) in [5, 5.41) is 12.2. The molecule has 0 radical (unpaired) electrons. The molecule has 0 aliphatic heterocycles. The number of hydrogen-bond donors (Lipinski definition) is 0. The lowest BCUT2D eigenvalue weighted by atomic mass is 10.0. The number of para-hydroxylation sites is 2. The van der Waals surface area contributed by atoms with Gasteiger partial charge in [0.25, 0.3) is 0 Å². The van der Waals surface area contributed by atoms with Crippen molar-refractivity contribution < 1.29 is 4.42 Å². The highest BCUT2D eigenvalue weighted by Crippen LogP contribution is 2.49. The van der Waals surface area contributed by atoms with Crippen molar-refractivity contribution in [1.82, 2.24) is 9.13 Å². The zero-order valence-corrected chi connectivity index (χ0v) is 28.5. The second-order valence-corrected chi connectivity index (χ2v) is 14.4. The van der Waals surface area contributed by atoms with E-state index < -0.39 is 0 Å². The third-order valence-corrected chi connectivity index (χ3v) is 11.8. The molecular weight excluding hydrogens is 645 g/mol. The minimum atomic E-state index is 0.896. The van der Waals surface area contributed by atoms with Gasteiger partial charge in [-0.25, -0.2) is 0 Å². The highest BCUT2D eigenvalue weighted by molar-refractivity contribution is 6.26. The second kappa shape index (κ2) is 9.81. The maximum Gasteiger partial charge on any atom is 0.137 e. The van der Waals surface area contributed by atoms with E-state index in [2.05, 4.69) is 173 Å². The molecule has 3 heterocycles. The zero-order valence-electron chi connectivity index (χ0n) is 28.5. The minimum absolute atomic E-state index is 0.896. The van der Waals surface area contributed by atoms with Crippen molar-refractivity contribution in [3.05, 3.63) is 170 Å². The van der Waals surface area contributed by atoms with Crippen LogP contribution in [0.1, 0.15) is 0 Å². The number of furan rings is 1. The lowest BCUT2D eigenvalue weighted by Crippen LogP contribution is -1.99. The molecule has 3 aromatic heterocycles. The fourth-order valence-electron chi connectivity index (χ4n) is 9.61. The SMILES string of the molecule is c1ccc2c(-n3c4cc5oc6ccccc6c5cc4c4ccc5c6ccccc6n(-c6ccc7c(c6)-c6cccc8cccc-7c68)c5c43)cccc2c1. The second-order valence-electron chi connectivity index (χ2n) is 14.4. The molecule has 0 unspecified atom stereocenters. The Balaban J connectivity index is 1.22. The van der Waals surface area contributed by atoms with Crippen molar-refractivity contribution in [2.45, 2.75) is 0 Å². The average molecular weight is 673 g/mol. The summed E-state index contributed by atoms with van der Waals surface area (Å²) in [6.07, 6.45) is 0. The molecule has 12 aromatic rings. The molecule has 13 rings (SSSR count). The number of benzene rings is 9. The van der Waals surface area contributed by atoms with Crippen LogP contribution in [-0.4, -0.2) is 9.13 Å². The molecule has 0 amide bonds. The lowest BCUT2D eigenvalue weighted by Gasteiger charge is -2.15. The van der Waals surface area contributed by atoms with Gasteiger partial charge in [-0.3, -0.25) is 0 Å². The van der Waals surface area contributed by atoms with Crippen LogP contribution >= 0.6 is 0 Å². The van der Waals surface area contributed by atoms with Crippen LogP contribution in [0.5, 0.6) is 0 Å². The highest BCUT2D eigenvalue weighted by Gasteiger charge is 2.26. The van der Waals surface area contributed by atoms with E-state index in [0.29, 0.717) is 0 Å². The zero-order chi connectivity index (χ0) is 34.4. The van der Waals surface area contributed by atoms with Gasteiger partial charge in [0.2, 0.25) is 0 Å². The van der Waals surface area contributed by atoms with Crippen LogP contribution in [0.4, 0.5) is 0 Å². The first-order valence-corrected chi connectivity index (χ1v) is 18.3. The Labute approximate surface area is 303 Å². The molecule has 0 fully saturated rings. The van der Waals surface area contributed by atoms with Gasteiger partial charge in [-0.1, -0.05) is 127 Å². The molecule has 0 bridgehead atoms. The summed E-state index contributed by atoms with van der Waals surface area (Å²) >= 11 is 0. The van der Waals surface area contributed by atoms with Gasteiger partial charge in [0.05, 0.1) is 27.8 Å². The molecule has 244 valence electrons. The van der Waals surface area contributed by atoms with Gasteiger partial charge >= 0.3 is 0 Å². The number of nitrogens with zero attached hydrogens (tertiary/aromatic N) is 2. The van der Waals surface area contributed by atoms with Crippen molar-refractivity contribution in [2.75, 3.05) is 0 Å². The summed E-state index contributed by atoms with van der Waals surface area (Å²) in [7, 11) is 0. The van der Waals surface area contributed by atoms with E-state index >= 15 is 0 Å². The first kappa shape index (κ1) is 27.6. The number of fused-ring (bicyclic) bond motifs is 14. The van der Waals surface area contributed by atoms with Crippen LogP contribution in [0.2, 0.25) is 0 Å². The molecule has 0 saturated heterocycles. The molecule has 9 aromatic carbocycles. The Bertz CT molecular complexity index is 3560. The van der Waals surface area contributed by atoms with Gasteiger partial charge < -0.3 is 13.6 Å². The van der Waals surface area contributed by atoms with E-state index in [1.165, 1.54) is 81.9 Å². The van der Waals surface area contributed by atoms with Crippen LogP contribution in [0.25, 0.3) is 121 Å². The molecule has 3 heteroatoms. The fraction of sp³-hybridized carbons (Fsp3) is 0. The van der Waals surface area contributed by atoms with Gasteiger partial charge in [-0.05, 0) is 74.8 Å². The van der Waals surface area contributed by atoms with Crippen molar-refractivity contribution >= 4 is 87.1 Å². The van der Waals surface area contributed by atoms with E-state index in [4.69, 9.17) is 4.42 Å². The Hall–Kier alpha value is -7.10. The summed E-state index contributed by atoms with van der Waals surface area (Å²) in [4.78, 5) is 0. The Morgan fingerprint density at radius 1 is 0.340 bits per heavy atom. The van der Waals surface area contributed by atoms with Crippen molar-refractivity contribution in [3.8, 4) is 33.6 Å². The molecule has 3 nitrogen and oxygen atoms in total. The van der Waals surface area contributed by atoms with Gasteiger partial charge in [-0.2, -0.15) is 0 Å². The van der Waals surface area contributed by atoms with Crippen LogP contribution in [0.15, 0.2) is 174 Å². The molecule has 0 atom stereocenters. The third kappa shape index (κ3) is 3.49. The predicted octanol–water partition coefficient (Wildman–Crippen LogP) is 13.7. The van der Waals surface area contributed by atoms with Crippen molar-refractivity contribution in [3.63, 3.8) is 0 Å². The highest BCUT2D eigenvalue weighted by atomic mass is 16.3. The number of hydrogen-bond acceptors (Lipinski definition) is 1. The maximum atomic E-state index is 6.54. The molecule has 53 heavy (non-hydrogen) atoms. The van der Waals surface area contributed by atoms with Crippen LogP contribution in [-0.2, 0) is 0 Å². The van der Waals surface area contributed by atoms with Gasteiger partial charge in [0.1, 0.15) is 11.2 Å². The average Bonchev–Trinajstić information content (AvgIpc) is 3.94. The van der Waals surface area contributed by atoms with E-state index in [-0.39, 0.29) is 0 Å². The van der Waals surface area contributed by atoms with E-state index in [0.717, 1.165) is 38.8 Å². The fourth-order valence-corrected chi connectivity index (χ4v) is 9.61. The lowest BCUT2D eigenvalue weighted by molar-refractivity contribution is 0.669. The summed E-state index contributed by atoms with van der Waals surface area (Å²) in [6, 6.07) is 62.4. The van der Waals surface area contributed by atoms with Crippen molar-refractivity contribution in [1.29, 1.82) is 0 Å². The largest absolute Gasteiger partial charge is 0.456 e. The standard InChI is InChI=1S/C50H28N2O/c1-2-14-32-29(10-1)11-9-20-43(32)52-45-28-47-42(35-16-4-6-21-46(35)53-47)27-41(45)39-25-24-38-34-15-3-5-19-44(34)51(49(38)50(39)52)31-22-23-33-36-17-7-12-30-13-8-18-37(48(30)36)40(33)26-31/h1-28H. The van der Waals surface area contributed by atoms with E-state index in [1.54, 1.807) is 0 Å². The van der Waals surface area contributed by atoms with Crippen molar-refractivity contribution in [2.24, 2.45) is 0 Å². The Morgan fingerprint density at radius 3 is 1.91 bits per heavy atom. The van der Waals surface area contributed by atoms with Gasteiger partial charge in [0.15, 0.2) is 0 Å². The Kier molecular flexibility index (Phi) is 5.11. The summed E-state index contributed by atoms with van der Waals surface area (Å²) in [5.41, 5.74) is 14.0. The van der Waals surface area contributed by atoms with Crippen LogP contribution < -0.4 is 0 Å². The summed E-state index contributed by atoms with van der Waals surface area (Å²) < 4.78 is 11.5. The summed E-state index contributed by atoms with van der Waals surface area (Å²) in [5.74, 6) is 0. The number of rotatable bonds is 2. The Morgan fingerprint density at radius 2 is 1.02 bits per heavy atom. The monoisotopic (exact) mass is 672 g/mol. The molecular formula is C50H28N2O. The normalized spacial score (nSPS) is 12.5. The van der Waals surface area contributed by atoms with Gasteiger partial charge in [-0.15, -0.1) is 0 Å². The van der Waals surface area contributed by atoms with E-state index in [9.17, 15) is 0 Å². The first-order valence-electron chi connectivity index (χ1n) is 18.3. The maximum absolute atomic E-state index is 6.54. The van der Waals surface area contributed by atoms with Crippen LogP contribution in [0.3, 0.4) is 0 Å². The summed E-state index contributed by atoms with van der Waals surface area (Å²) in [6.45, 7) is 0. The molecule has 0 saturated carbocycles. The smallest absolute Gasteiger partial charge is 0.137 e. The quantitative estimate of drug-likeness (QED) is 0.179. The first-order chi connectivity index (χ1) is 26.3.